The third kappa shape index (κ3) is 3.18. The fourth-order valence-corrected chi connectivity index (χ4v) is 3.44. The van der Waals surface area contributed by atoms with Crippen LogP contribution < -0.4 is 5.73 Å². The first-order valence-corrected chi connectivity index (χ1v) is 8.28. The molecule has 0 amide bonds. The molecule has 0 spiro atoms. The van der Waals surface area contributed by atoms with Crippen LogP contribution in [0.25, 0.3) is 0 Å². The molecule has 2 aromatic rings. The lowest BCUT2D eigenvalue weighted by Gasteiger charge is -2.15. The van der Waals surface area contributed by atoms with Crippen LogP contribution in [0.4, 0.5) is 0 Å². The van der Waals surface area contributed by atoms with Crippen molar-refractivity contribution >= 4 is 34.2 Å². The number of rotatable bonds is 5. The Morgan fingerprint density at radius 3 is 2.65 bits per heavy atom. The SMILES string of the molecule is CCc1nn(CC)c(CC(N)c2ccccc2I)c1Cl. The summed E-state index contributed by atoms with van der Waals surface area (Å²) >= 11 is 8.76. The van der Waals surface area contributed by atoms with Gasteiger partial charge in [0.1, 0.15) is 0 Å². The minimum atomic E-state index is -0.0627. The molecule has 2 N–H and O–H groups in total. The van der Waals surface area contributed by atoms with Gasteiger partial charge in [0.25, 0.3) is 0 Å². The smallest absolute Gasteiger partial charge is 0.0850 e. The van der Waals surface area contributed by atoms with Crippen LogP contribution in [0.5, 0.6) is 0 Å². The van der Waals surface area contributed by atoms with E-state index in [1.807, 2.05) is 16.8 Å². The monoisotopic (exact) mass is 403 g/mol. The molecule has 0 fully saturated rings. The summed E-state index contributed by atoms with van der Waals surface area (Å²) in [4.78, 5) is 0. The van der Waals surface area contributed by atoms with Gasteiger partial charge in [-0.15, -0.1) is 0 Å². The van der Waals surface area contributed by atoms with Crippen LogP contribution >= 0.6 is 34.2 Å². The molecule has 0 radical (unpaired) electrons. The van der Waals surface area contributed by atoms with Crippen molar-refractivity contribution in [3.63, 3.8) is 0 Å². The summed E-state index contributed by atoms with van der Waals surface area (Å²) < 4.78 is 3.16. The number of halogens is 2. The van der Waals surface area contributed by atoms with E-state index in [0.717, 1.165) is 34.9 Å². The number of aromatic nitrogens is 2. The zero-order valence-electron chi connectivity index (χ0n) is 11.7. The Labute approximate surface area is 138 Å². The number of nitrogens with two attached hydrogens (primary N) is 1. The van der Waals surface area contributed by atoms with Crippen LogP contribution in [0.2, 0.25) is 5.02 Å². The number of benzene rings is 1. The Bertz CT molecular complexity index is 595. The molecule has 0 aliphatic heterocycles. The largest absolute Gasteiger partial charge is 0.324 e. The first kappa shape index (κ1) is 15.8. The van der Waals surface area contributed by atoms with Crippen LogP contribution in [-0.4, -0.2) is 9.78 Å². The van der Waals surface area contributed by atoms with Gasteiger partial charge in [0.2, 0.25) is 0 Å². The molecule has 1 atom stereocenters. The molecule has 1 heterocycles. The van der Waals surface area contributed by atoms with Crippen LogP contribution in [-0.2, 0) is 19.4 Å². The summed E-state index contributed by atoms with van der Waals surface area (Å²) in [7, 11) is 0. The molecule has 2 rings (SSSR count). The number of aryl methyl sites for hydroxylation is 2. The highest BCUT2D eigenvalue weighted by Crippen LogP contribution is 2.27. The molecule has 0 bridgehead atoms. The fourth-order valence-electron chi connectivity index (χ4n) is 2.31. The first-order chi connectivity index (χ1) is 9.58. The maximum absolute atomic E-state index is 6.44. The Morgan fingerprint density at radius 2 is 2.05 bits per heavy atom. The number of nitrogens with zero attached hydrogens (tertiary/aromatic N) is 2. The highest BCUT2D eigenvalue weighted by Gasteiger charge is 2.18. The van der Waals surface area contributed by atoms with Gasteiger partial charge >= 0.3 is 0 Å². The summed E-state index contributed by atoms with van der Waals surface area (Å²) in [6, 6.07) is 8.14. The summed E-state index contributed by atoms with van der Waals surface area (Å²) in [5, 5.41) is 5.32. The van der Waals surface area contributed by atoms with Gasteiger partial charge in [-0.25, -0.2) is 0 Å². The Balaban J connectivity index is 2.30. The molecule has 0 aliphatic carbocycles. The second-order valence-corrected chi connectivity index (χ2v) is 6.25. The van der Waals surface area contributed by atoms with Gasteiger partial charge < -0.3 is 5.73 Å². The van der Waals surface area contributed by atoms with Gasteiger partial charge in [0.15, 0.2) is 0 Å². The van der Waals surface area contributed by atoms with Crippen molar-refractivity contribution in [2.24, 2.45) is 5.73 Å². The second kappa shape index (κ2) is 6.91. The Morgan fingerprint density at radius 1 is 1.35 bits per heavy atom. The van der Waals surface area contributed by atoms with Gasteiger partial charge in [-0.05, 0) is 47.6 Å². The van der Waals surface area contributed by atoms with Gasteiger partial charge in [0, 0.05) is 22.6 Å². The molecule has 20 heavy (non-hydrogen) atoms. The van der Waals surface area contributed by atoms with Crippen molar-refractivity contribution in [1.82, 2.24) is 9.78 Å². The van der Waals surface area contributed by atoms with Crippen molar-refractivity contribution < 1.29 is 0 Å². The molecule has 1 unspecified atom stereocenters. The van der Waals surface area contributed by atoms with Gasteiger partial charge in [-0.2, -0.15) is 5.10 Å². The zero-order valence-corrected chi connectivity index (χ0v) is 14.6. The molecule has 5 heteroatoms. The van der Waals surface area contributed by atoms with E-state index in [9.17, 15) is 0 Å². The maximum atomic E-state index is 6.44. The third-order valence-electron chi connectivity index (χ3n) is 3.41. The molecule has 1 aromatic carbocycles. The lowest BCUT2D eigenvalue weighted by atomic mass is 10.0. The Hall–Kier alpha value is -0.590. The molecule has 0 saturated carbocycles. The second-order valence-electron chi connectivity index (χ2n) is 4.71. The minimum absolute atomic E-state index is 0.0627. The molecule has 1 aromatic heterocycles. The predicted octanol–water partition coefficient (Wildman–Crippen LogP) is 3.97. The van der Waals surface area contributed by atoms with E-state index in [-0.39, 0.29) is 6.04 Å². The fraction of sp³-hybridized carbons (Fsp3) is 0.400. The van der Waals surface area contributed by atoms with Gasteiger partial charge in [0.05, 0.1) is 16.4 Å². The van der Waals surface area contributed by atoms with E-state index < -0.39 is 0 Å². The van der Waals surface area contributed by atoms with Crippen molar-refractivity contribution in [3.8, 4) is 0 Å². The highest BCUT2D eigenvalue weighted by molar-refractivity contribution is 14.1. The van der Waals surface area contributed by atoms with Crippen molar-refractivity contribution in [2.75, 3.05) is 0 Å². The average molecular weight is 404 g/mol. The lowest BCUT2D eigenvalue weighted by Crippen LogP contribution is -2.17. The van der Waals surface area contributed by atoms with Crippen LogP contribution in [0, 0.1) is 3.57 Å². The van der Waals surface area contributed by atoms with Crippen LogP contribution in [0.15, 0.2) is 24.3 Å². The van der Waals surface area contributed by atoms with Gasteiger partial charge in [-0.3, -0.25) is 4.68 Å². The first-order valence-electron chi connectivity index (χ1n) is 6.82. The number of hydrogen-bond donors (Lipinski definition) is 1. The van der Waals surface area contributed by atoms with Crippen molar-refractivity contribution in [2.45, 2.75) is 39.3 Å². The molecule has 0 saturated heterocycles. The molecular formula is C15H19ClIN3. The normalized spacial score (nSPS) is 12.7. The van der Waals surface area contributed by atoms with E-state index in [1.165, 1.54) is 3.57 Å². The van der Waals surface area contributed by atoms with E-state index in [4.69, 9.17) is 17.3 Å². The van der Waals surface area contributed by atoms with E-state index in [2.05, 4.69) is 53.7 Å². The predicted molar refractivity (Wildman–Crippen MR) is 92.1 cm³/mol. The molecule has 3 nitrogen and oxygen atoms in total. The van der Waals surface area contributed by atoms with Gasteiger partial charge in [-0.1, -0.05) is 36.7 Å². The lowest BCUT2D eigenvalue weighted by molar-refractivity contribution is 0.585. The maximum Gasteiger partial charge on any atom is 0.0850 e. The van der Waals surface area contributed by atoms with Crippen molar-refractivity contribution in [3.05, 3.63) is 49.8 Å². The summed E-state index contributed by atoms with van der Waals surface area (Å²) in [6.45, 7) is 4.95. The molecule has 108 valence electrons. The molecule has 0 aliphatic rings. The average Bonchev–Trinajstić information content (AvgIpc) is 2.75. The van der Waals surface area contributed by atoms with Crippen LogP contribution in [0.3, 0.4) is 0 Å². The quantitative estimate of drug-likeness (QED) is 0.768. The summed E-state index contributed by atoms with van der Waals surface area (Å²) in [5.74, 6) is 0. The third-order valence-corrected chi connectivity index (χ3v) is 4.83. The minimum Gasteiger partial charge on any atom is -0.324 e. The Kier molecular flexibility index (Phi) is 5.46. The topological polar surface area (TPSA) is 43.8 Å². The number of hydrogen-bond acceptors (Lipinski definition) is 2. The summed E-state index contributed by atoms with van der Waals surface area (Å²) in [5.41, 5.74) is 9.52. The standard InChI is InChI=1S/C15H19ClIN3/c1-3-13-15(16)14(20(4-2)19-13)9-12(18)10-7-5-6-8-11(10)17/h5-8,12H,3-4,9,18H2,1-2H3. The molecular weight excluding hydrogens is 385 g/mol. The van der Waals surface area contributed by atoms with Crippen molar-refractivity contribution in [1.29, 1.82) is 0 Å². The van der Waals surface area contributed by atoms with E-state index >= 15 is 0 Å². The summed E-state index contributed by atoms with van der Waals surface area (Å²) in [6.07, 6.45) is 1.55. The van der Waals surface area contributed by atoms with Crippen LogP contribution in [0.1, 0.15) is 36.8 Å². The highest BCUT2D eigenvalue weighted by atomic mass is 127. The zero-order chi connectivity index (χ0) is 14.7. The van der Waals surface area contributed by atoms with E-state index in [0.29, 0.717) is 6.42 Å². The van der Waals surface area contributed by atoms with E-state index in [1.54, 1.807) is 0 Å².